The molecule has 1 saturated carbocycles. The number of rotatable bonds is 2. The van der Waals surface area contributed by atoms with Crippen molar-refractivity contribution in [3.8, 4) is 0 Å². The smallest absolute Gasteiger partial charge is 0.0588 e. The fraction of sp³-hybridized carbons (Fsp3) is 0.600. The van der Waals surface area contributed by atoms with E-state index < -0.39 is 0 Å². The van der Waals surface area contributed by atoms with Crippen LogP contribution in [-0.2, 0) is 0 Å². The SMILES string of the molecule is CC(N)c1cc(Br)ccc1N1CC2CCC(O)C2C1. The van der Waals surface area contributed by atoms with Gasteiger partial charge in [0.25, 0.3) is 0 Å². The van der Waals surface area contributed by atoms with E-state index in [4.69, 9.17) is 5.73 Å². The summed E-state index contributed by atoms with van der Waals surface area (Å²) in [4.78, 5) is 2.41. The second-order valence-electron chi connectivity index (χ2n) is 5.97. The number of fused-ring (bicyclic) bond motifs is 1. The van der Waals surface area contributed by atoms with Crippen LogP contribution in [0.25, 0.3) is 0 Å². The van der Waals surface area contributed by atoms with E-state index in [-0.39, 0.29) is 12.1 Å². The summed E-state index contributed by atoms with van der Waals surface area (Å²) < 4.78 is 1.07. The standard InChI is InChI=1S/C15H21BrN2O/c1-9(17)12-6-11(16)3-4-14(12)18-7-10-2-5-15(19)13(10)8-18/h3-4,6,9-10,13,15,19H,2,5,7-8,17H2,1H3. The predicted octanol–water partition coefficient (Wildman–Crippen LogP) is 2.68. The largest absolute Gasteiger partial charge is 0.393 e. The maximum Gasteiger partial charge on any atom is 0.0588 e. The van der Waals surface area contributed by atoms with Crippen molar-refractivity contribution in [2.45, 2.75) is 31.9 Å². The van der Waals surface area contributed by atoms with Crippen molar-refractivity contribution in [1.82, 2.24) is 0 Å². The Balaban J connectivity index is 1.88. The summed E-state index contributed by atoms with van der Waals surface area (Å²) >= 11 is 3.52. The fourth-order valence-corrected chi connectivity index (χ4v) is 3.99. The molecule has 2 aliphatic rings. The van der Waals surface area contributed by atoms with Gasteiger partial charge in [-0.1, -0.05) is 15.9 Å². The van der Waals surface area contributed by atoms with Gasteiger partial charge in [0.1, 0.15) is 0 Å². The summed E-state index contributed by atoms with van der Waals surface area (Å²) in [5.41, 5.74) is 8.52. The number of halogens is 1. The average molecular weight is 325 g/mol. The molecule has 3 N–H and O–H groups in total. The Morgan fingerprint density at radius 2 is 2.16 bits per heavy atom. The Hall–Kier alpha value is -0.580. The lowest BCUT2D eigenvalue weighted by Crippen LogP contribution is -2.26. The first-order valence-corrected chi connectivity index (χ1v) is 7.83. The number of nitrogens with zero attached hydrogens (tertiary/aromatic N) is 1. The van der Waals surface area contributed by atoms with Gasteiger partial charge < -0.3 is 15.7 Å². The number of anilines is 1. The van der Waals surface area contributed by atoms with Crippen LogP contribution >= 0.6 is 15.9 Å². The molecular weight excluding hydrogens is 304 g/mol. The first-order chi connectivity index (χ1) is 9.06. The van der Waals surface area contributed by atoms with Crippen LogP contribution in [0.5, 0.6) is 0 Å². The Morgan fingerprint density at radius 3 is 2.84 bits per heavy atom. The lowest BCUT2D eigenvalue weighted by atomic mass is 10.00. The maximum absolute atomic E-state index is 10.0. The van der Waals surface area contributed by atoms with E-state index >= 15 is 0 Å². The third-order valence-corrected chi connectivity index (χ3v) is 5.13. The van der Waals surface area contributed by atoms with Gasteiger partial charge in [0.05, 0.1) is 6.10 Å². The Labute approximate surface area is 122 Å². The summed E-state index contributed by atoms with van der Waals surface area (Å²) in [6, 6.07) is 6.37. The zero-order valence-corrected chi connectivity index (χ0v) is 12.8. The molecular formula is C15H21BrN2O. The number of hydrogen-bond acceptors (Lipinski definition) is 3. The molecule has 1 saturated heterocycles. The van der Waals surface area contributed by atoms with Gasteiger partial charge in [0, 0.05) is 35.2 Å². The van der Waals surface area contributed by atoms with Gasteiger partial charge in [-0.3, -0.25) is 0 Å². The monoisotopic (exact) mass is 324 g/mol. The number of nitrogens with two attached hydrogens (primary N) is 1. The van der Waals surface area contributed by atoms with Crippen molar-refractivity contribution < 1.29 is 5.11 Å². The molecule has 1 heterocycles. The molecule has 3 rings (SSSR count). The lowest BCUT2D eigenvalue weighted by Gasteiger charge is -2.25. The molecule has 0 bridgehead atoms. The number of aliphatic hydroxyl groups is 1. The van der Waals surface area contributed by atoms with Crippen LogP contribution in [0.15, 0.2) is 22.7 Å². The topological polar surface area (TPSA) is 49.5 Å². The minimum absolute atomic E-state index is 0.0258. The summed E-state index contributed by atoms with van der Waals surface area (Å²) in [6.07, 6.45) is 2.03. The summed E-state index contributed by atoms with van der Waals surface area (Å²) in [5, 5.41) is 10.0. The molecule has 0 amide bonds. The molecule has 0 aromatic heterocycles. The zero-order valence-electron chi connectivity index (χ0n) is 11.2. The van der Waals surface area contributed by atoms with Crippen molar-refractivity contribution in [3.05, 3.63) is 28.2 Å². The van der Waals surface area contributed by atoms with Gasteiger partial charge in [-0.25, -0.2) is 0 Å². The minimum atomic E-state index is -0.107. The van der Waals surface area contributed by atoms with E-state index in [9.17, 15) is 5.11 Å². The lowest BCUT2D eigenvalue weighted by molar-refractivity contribution is 0.133. The van der Waals surface area contributed by atoms with Gasteiger partial charge >= 0.3 is 0 Å². The number of aliphatic hydroxyl groups excluding tert-OH is 1. The quantitative estimate of drug-likeness (QED) is 0.879. The van der Waals surface area contributed by atoms with Gasteiger partial charge in [-0.05, 0) is 49.4 Å². The Kier molecular flexibility index (Phi) is 3.58. The van der Waals surface area contributed by atoms with Crippen LogP contribution in [0.3, 0.4) is 0 Å². The molecule has 4 unspecified atom stereocenters. The van der Waals surface area contributed by atoms with E-state index in [2.05, 4.69) is 39.0 Å². The molecule has 4 heteroatoms. The van der Waals surface area contributed by atoms with E-state index in [1.807, 2.05) is 6.92 Å². The maximum atomic E-state index is 10.0. The third-order valence-electron chi connectivity index (χ3n) is 4.64. The van der Waals surface area contributed by atoms with E-state index in [0.717, 1.165) is 30.4 Å². The van der Waals surface area contributed by atoms with Gasteiger partial charge in [0.2, 0.25) is 0 Å². The molecule has 1 aliphatic heterocycles. The van der Waals surface area contributed by atoms with Crippen molar-refractivity contribution in [3.63, 3.8) is 0 Å². The Morgan fingerprint density at radius 1 is 1.37 bits per heavy atom. The van der Waals surface area contributed by atoms with Crippen molar-refractivity contribution >= 4 is 21.6 Å². The van der Waals surface area contributed by atoms with Crippen LogP contribution in [0.1, 0.15) is 31.4 Å². The molecule has 104 valence electrons. The number of hydrogen-bond donors (Lipinski definition) is 2. The number of benzene rings is 1. The minimum Gasteiger partial charge on any atom is -0.393 e. The zero-order chi connectivity index (χ0) is 13.6. The summed E-state index contributed by atoms with van der Waals surface area (Å²) in [5.74, 6) is 1.10. The molecule has 1 aromatic rings. The highest BCUT2D eigenvalue weighted by Crippen LogP contribution is 2.41. The second kappa shape index (κ2) is 5.08. The molecule has 1 aliphatic carbocycles. The highest BCUT2D eigenvalue weighted by atomic mass is 79.9. The van der Waals surface area contributed by atoms with Crippen LogP contribution in [0, 0.1) is 11.8 Å². The molecule has 0 spiro atoms. The summed E-state index contributed by atoms with van der Waals surface area (Å²) in [7, 11) is 0. The molecule has 19 heavy (non-hydrogen) atoms. The second-order valence-corrected chi connectivity index (χ2v) is 6.88. The molecule has 0 radical (unpaired) electrons. The molecule has 1 aromatic carbocycles. The van der Waals surface area contributed by atoms with Gasteiger partial charge in [0.15, 0.2) is 0 Å². The molecule has 3 nitrogen and oxygen atoms in total. The Bertz CT molecular complexity index is 477. The van der Waals surface area contributed by atoms with Crippen molar-refractivity contribution in [1.29, 1.82) is 0 Å². The highest BCUT2D eigenvalue weighted by Gasteiger charge is 2.42. The van der Waals surface area contributed by atoms with Crippen LogP contribution in [0.2, 0.25) is 0 Å². The third kappa shape index (κ3) is 2.41. The summed E-state index contributed by atoms with van der Waals surface area (Å²) in [6.45, 7) is 4.05. The van der Waals surface area contributed by atoms with E-state index in [0.29, 0.717) is 11.8 Å². The van der Waals surface area contributed by atoms with Crippen LogP contribution in [-0.4, -0.2) is 24.3 Å². The van der Waals surface area contributed by atoms with Crippen LogP contribution < -0.4 is 10.6 Å². The van der Waals surface area contributed by atoms with Crippen LogP contribution in [0.4, 0.5) is 5.69 Å². The van der Waals surface area contributed by atoms with Gasteiger partial charge in [-0.15, -0.1) is 0 Å². The predicted molar refractivity (Wildman–Crippen MR) is 81.2 cm³/mol. The molecule has 2 fully saturated rings. The average Bonchev–Trinajstić information content (AvgIpc) is 2.92. The first kappa shape index (κ1) is 13.4. The van der Waals surface area contributed by atoms with E-state index in [1.54, 1.807) is 0 Å². The van der Waals surface area contributed by atoms with Crippen molar-refractivity contribution in [2.24, 2.45) is 17.6 Å². The highest BCUT2D eigenvalue weighted by molar-refractivity contribution is 9.10. The fourth-order valence-electron chi connectivity index (χ4n) is 3.61. The van der Waals surface area contributed by atoms with Crippen molar-refractivity contribution in [2.75, 3.05) is 18.0 Å². The first-order valence-electron chi connectivity index (χ1n) is 7.04. The van der Waals surface area contributed by atoms with E-state index in [1.165, 1.54) is 11.3 Å². The molecule has 4 atom stereocenters. The normalized spacial score (nSPS) is 31.6. The van der Waals surface area contributed by atoms with Gasteiger partial charge in [-0.2, -0.15) is 0 Å².